The topological polar surface area (TPSA) is 27.7 Å². The number of nitrogens with one attached hydrogen (secondary N) is 1. The lowest BCUT2D eigenvalue weighted by Gasteiger charge is -2.43. The molecule has 0 saturated carbocycles. The minimum Gasteiger partial charge on any atom is -0.380 e. The van der Waals surface area contributed by atoms with Crippen LogP contribution in [0.15, 0.2) is 0 Å². The van der Waals surface area contributed by atoms with Crippen molar-refractivity contribution < 1.29 is 4.74 Å². The Balaban J connectivity index is 1.72. The number of likely N-dealkylation sites (tertiary alicyclic amines) is 1. The number of ether oxygens (including phenoxy) is 1. The van der Waals surface area contributed by atoms with Crippen LogP contribution in [0.25, 0.3) is 0 Å². The van der Waals surface area contributed by atoms with Crippen molar-refractivity contribution in [3.8, 4) is 0 Å². The number of rotatable bonds is 3. The predicted molar refractivity (Wildman–Crippen MR) is 51.4 cm³/mol. The molecule has 2 aliphatic rings. The van der Waals surface area contributed by atoms with Crippen molar-refractivity contribution in [1.82, 2.24) is 15.3 Å². The normalized spacial score (nSPS) is 32.3. The van der Waals surface area contributed by atoms with Gasteiger partial charge in [0.15, 0.2) is 0 Å². The van der Waals surface area contributed by atoms with Gasteiger partial charge >= 0.3 is 0 Å². The van der Waals surface area contributed by atoms with E-state index in [4.69, 9.17) is 4.74 Å². The molecule has 4 heteroatoms. The summed E-state index contributed by atoms with van der Waals surface area (Å²) < 4.78 is 5.34. The Hall–Kier alpha value is -0.160. The van der Waals surface area contributed by atoms with Gasteiger partial charge in [0.05, 0.1) is 6.10 Å². The van der Waals surface area contributed by atoms with Gasteiger partial charge in [0.25, 0.3) is 0 Å². The van der Waals surface area contributed by atoms with Gasteiger partial charge in [0, 0.05) is 39.3 Å². The fourth-order valence-corrected chi connectivity index (χ4v) is 2.15. The van der Waals surface area contributed by atoms with E-state index in [9.17, 15) is 0 Å². The zero-order chi connectivity index (χ0) is 9.26. The van der Waals surface area contributed by atoms with Crippen molar-refractivity contribution in [1.29, 1.82) is 0 Å². The lowest BCUT2D eigenvalue weighted by atomic mass is 10.1. The minimum atomic E-state index is 0.476. The van der Waals surface area contributed by atoms with Crippen molar-refractivity contribution in [2.75, 3.05) is 40.3 Å². The van der Waals surface area contributed by atoms with Gasteiger partial charge in [-0.2, -0.15) is 0 Å². The van der Waals surface area contributed by atoms with Crippen molar-refractivity contribution in [2.24, 2.45) is 0 Å². The molecule has 0 aromatic carbocycles. The first-order valence-corrected chi connectivity index (χ1v) is 5.02. The zero-order valence-corrected chi connectivity index (χ0v) is 8.49. The molecule has 1 unspecified atom stereocenters. The van der Waals surface area contributed by atoms with Crippen molar-refractivity contribution in [2.45, 2.75) is 18.6 Å². The molecule has 0 bridgehead atoms. The molecular formula is C9H19N3O. The van der Waals surface area contributed by atoms with E-state index in [2.05, 4.69) is 15.3 Å². The molecular weight excluding hydrogens is 166 g/mol. The molecule has 2 saturated heterocycles. The van der Waals surface area contributed by atoms with Crippen molar-refractivity contribution >= 4 is 0 Å². The second-order valence-electron chi connectivity index (χ2n) is 3.92. The molecule has 76 valence electrons. The first-order chi connectivity index (χ1) is 6.33. The largest absolute Gasteiger partial charge is 0.380 e. The average Bonchev–Trinajstić information content (AvgIpc) is 2.51. The van der Waals surface area contributed by atoms with Crippen LogP contribution in [0.5, 0.6) is 0 Å². The Labute approximate surface area is 79.8 Å². The monoisotopic (exact) mass is 185 g/mol. The van der Waals surface area contributed by atoms with Crippen LogP contribution in [-0.2, 0) is 4.74 Å². The van der Waals surface area contributed by atoms with Crippen LogP contribution in [0, 0.1) is 0 Å². The molecule has 1 N–H and O–H groups in total. The summed E-state index contributed by atoms with van der Waals surface area (Å²) in [5, 5.41) is 2.24. The fourth-order valence-electron chi connectivity index (χ4n) is 2.15. The highest BCUT2D eigenvalue weighted by Gasteiger charge is 2.35. The molecule has 0 spiro atoms. The van der Waals surface area contributed by atoms with Gasteiger partial charge in [-0.15, -0.1) is 0 Å². The molecule has 13 heavy (non-hydrogen) atoms. The summed E-state index contributed by atoms with van der Waals surface area (Å²) in [4.78, 5) is 2.54. The smallest absolute Gasteiger partial charge is 0.0710 e. The van der Waals surface area contributed by atoms with E-state index in [0.29, 0.717) is 6.10 Å². The number of methoxy groups -OCH3 is 1. The van der Waals surface area contributed by atoms with Gasteiger partial charge in [-0.25, -0.2) is 5.01 Å². The first-order valence-electron chi connectivity index (χ1n) is 5.02. The van der Waals surface area contributed by atoms with E-state index in [1.165, 1.54) is 13.0 Å². The van der Waals surface area contributed by atoms with E-state index in [0.717, 1.165) is 25.7 Å². The Bertz CT molecular complexity index is 170. The summed E-state index contributed by atoms with van der Waals surface area (Å²) in [6.07, 6.45) is 1.68. The van der Waals surface area contributed by atoms with E-state index < -0.39 is 0 Å². The van der Waals surface area contributed by atoms with Gasteiger partial charge in [0.2, 0.25) is 0 Å². The summed E-state index contributed by atoms with van der Waals surface area (Å²) in [5.74, 6) is 0. The van der Waals surface area contributed by atoms with Crippen LogP contribution in [0.2, 0.25) is 0 Å². The first kappa shape index (κ1) is 9.40. The molecule has 0 aromatic heterocycles. The SMILES string of the molecule is CNN1CC(N2CCC(OC)C2)C1. The fraction of sp³-hybridized carbons (Fsp3) is 1.00. The molecule has 2 heterocycles. The maximum atomic E-state index is 5.34. The third-order valence-corrected chi connectivity index (χ3v) is 3.20. The molecule has 0 radical (unpaired) electrons. The Morgan fingerprint density at radius 1 is 1.31 bits per heavy atom. The molecule has 2 fully saturated rings. The Morgan fingerprint density at radius 3 is 2.62 bits per heavy atom. The number of nitrogens with zero attached hydrogens (tertiary/aromatic N) is 2. The van der Waals surface area contributed by atoms with Crippen molar-refractivity contribution in [3.63, 3.8) is 0 Å². The van der Waals surface area contributed by atoms with Crippen LogP contribution >= 0.6 is 0 Å². The van der Waals surface area contributed by atoms with E-state index in [1.54, 1.807) is 0 Å². The van der Waals surface area contributed by atoms with E-state index in [1.807, 2.05) is 14.2 Å². The van der Waals surface area contributed by atoms with Gasteiger partial charge < -0.3 is 4.74 Å². The highest BCUT2D eigenvalue weighted by molar-refractivity contribution is 4.90. The summed E-state index contributed by atoms with van der Waals surface area (Å²) in [5.41, 5.74) is 3.16. The highest BCUT2D eigenvalue weighted by atomic mass is 16.5. The lowest BCUT2D eigenvalue weighted by molar-refractivity contribution is 0.00718. The maximum Gasteiger partial charge on any atom is 0.0710 e. The third-order valence-electron chi connectivity index (χ3n) is 3.20. The number of hydrogen-bond donors (Lipinski definition) is 1. The van der Waals surface area contributed by atoms with Crippen LogP contribution < -0.4 is 5.43 Å². The number of hydrogen-bond acceptors (Lipinski definition) is 4. The summed E-state index contributed by atoms with van der Waals surface area (Å²) in [6, 6.07) is 0.757. The standard InChI is InChI=1S/C9H19N3O/c1-10-12-5-8(6-12)11-4-3-9(7-11)13-2/h8-10H,3-7H2,1-2H3. The molecule has 0 aromatic rings. The van der Waals surface area contributed by atoms with Crippen LogP contribution in [0.4, 0.5) is 0 Å². The van der Waals surface area contributed by atoms with Crippen LogP contribution in [0.1, 0.15) is 6.42 Å². The van der Waals surface area contributed by atoms with Gasteiger partial charge in [0.1, 0.15) is 0 Å². The maximum absolute atomic E-state index is 5.34. The minimum absolute atomic E-state index is 0.476. The molecule has 0 amide bonds. The zero-order valence-electron chi connectivity index (χ0n) is 8.49. The Morgan fingerprint density at radius 2 is 2.08 bits per heavy atom. The Kier molecular flexibility index (Phi) is 2.83. The molecule has 1 atom stereocenters. The van der Waals surface area contributed by atoms with Crippen LogP contribution in [0.3, 0.4) is 0 Å². The lowest BCUT2D eigenvalue weighted by Crippen LogP contribution is -2.62. The summed E-state index contributed by atoms with van der Waals surface area (Å²) >= 11 is 0. The number of hydrazine groups is 1. The quantitative estimate of drug-likeness (QED) is 0.643. The van der Waals surface area contributed by atoms with E-state index >= 15 is 0 Å². The van der Waals surface area contributed by atoms with Crippen molar-refractivity contribution in [3.05, 3.63) is 0 Å². The van der Waals surface area contributed by atoms with Gasteiger partial charge in [-0.05, 0) is 13.5 Å². The average molecular weight is 185 g/mol. The predicted octanol–water partition coefficient (Wildman–Crippen LogP) is -0.474. The molecule has 2 rings (SSSR count). The second-order valence-corrected chi connectivity index (χ2v) is 3.92. The summed E-state index contributed by atoms with van der Waals surface area (Å²) in [7, 11) is 3.80. The van der Waals surface area contributed by atoms with E-state index in [-0.39, 0.29) is 0 Å². The third kappa shape index (κ3) is 1.86. The van der Waals surface area contributed by atoms with Crippen LogP contribution in [-0.4, -0.2) is 62.4 Å². The summed E-state index contributed by atoms with van der Waals surface area (Å²) in [6.45, 7) is 4.65. The molecule has 0 aliphatic carbocycles. The second kappa shape index (κ2) is 3.92. The van der Waals surface area contributed by atoms with Gasteiger partial charge in [-0.3, -0.25) is 10.3 Å². The molecule has 4 nitrogen and oxygen atoms in total. The molecule has 2 aliphatic heterocycles. The van der Waals surface area contributed by atoms with Gasteiger partial charge in [-0.1, -0.05) is 0 Å². The highest BCUT2D eigenvalue weighted by Crippen LogP contribution is 2.19.